The van der Waals surface area contributed by atoms with Crippen LogP contribution in [0, 0.1) is 6.92 Å². The molecule has 0 unspecified atom stereocenters. The zero-order valence-electron chi connectivity index (χ0n) is 15.1. The van der Waals surface area contributed by atoms with E-state index in [-0.39, 0.29) is 5.91 Å². The molecule has 3 aromatic rings. The van der Waals surface area contributed by atoms with Gasteiger partial charge in [0.2, 0.25) is 5.91 Å². The third kappa shape index (κ3) is 3.43. The number of carbonyl (C=O) groups is 1. The Morgan fingerprint density at radius 2 is 1.96 bits per heavy atom. The molecular formula is C21H24N4O. The van der Waals surface area contributed by atoms with Gasteiger partial charge in [0.25, 0.3) is 0 Å². The van der Waals surface area contributed by atoms with Crippen LogP contribution in [0.3, 0.4) is 0 Å². The predicted molar refractivity (Wildman–Crippen MR) is 106 cm³/mol. The van der Waals surface area contributed by atoms with Crippen LogP contribution in [0.15, 0.2) is 48.8 Å². The number of imidazole rings is 1. The van der Waals surface area contributed by atoms with Crippen molar-refractivity contribution in [2.24, 2.45) is 0 Å². The monoisotopic (exact) mass is 348 g/mol. The first-order chi connectivity index (χ1) is 12.7. The summed E-state index contributed by atoms with van der Waals surface area (Å²) in [5, 5.41) is 3.05. The molecule has 1 N–H and O–H groups in total. The molecule has 1 amide bonds. The van der Waals surface area contributed by atoms with Crippen LogP contribution in [-0.2, 0) is 11.3 Å². The summed E-state index contributed by atoms with van der Waals surface area (Å²) in [5.74, 6) is 0.0276. The highest BCUT2D eigenvalue weighted by molar-refractivity contribution is 5.91. The van der Waals surface area contributed by atoms with E-state index < -0.39 is 0 Å². The van der Waals surface area contributed by atoms with Gasteiger partial charge in [-0.2, -0.15) is 0 Å². The average molecular weight is 348 g/mol. The topological polar surface area (TPSA) is 50.2 Å². The second-order valence-electron chi connectivity index (χ2n) is 6.92. The number of aromatic nitrogens is 2. The van der Waals surface area contributed by atoms with E-state index in [1.165, 1.54) is 18.5 Å². The van der Waals surface area contributed by atoms with Crippen LogP contribution in [0.4, 0.5) is 11.4 Å². The Balaban J connectivity index is 1.38. The predicted octanol–water partition coefficient (Wildman–Crippen LogP) is 3.97. The molecule has 0 atom stereocenters. The molecule has 2 heterocycles. The lowest BCUT2D eigenvalue weighted by Crippen LogP contribution is -2.18. The zero-order valence-corrected chi connectivity index (χ0v) is 15.1. The largest absolute Gasteiger partial charge is 0.372 e. The maximum atomic E-state index is 12.4. The standard InChI is InChI=1S/C21H24N4O/c1-16-14-17(24-11-4-5-12-24)8-9-18(16)23-21(26)10-13-25-15-22-19-6-2-3-7-20(19)25/h2-3,6-9,14-15H,4-5,10-13H2,1H3,(H,23,26). The van der Waals surface area contributed by atoms with Crippen molar-refractivity contribution in [2.75, 3.05) is 23.3 Å². The van der Waals surface area contributed by atoms with Crippen LogP contribution in [0.5, 0.6) is 0 Å². The average Bonchev–Trinajstić information content (AvgIpc) is 3.32. The molecule has 5 heteroatoms. The van der Waals surface area contributed by atoms with Crippen LogP contribution in [-0.4, -0.2) is 28.5 Å². The molecule has 5 nitrogen and oxygen atoms in total. The molecule has 1 aromatic heterocycles. The maximum Gasteiger partial charge on any atom is 0.226 e. The number of anilines is 2. The molecule has 26 heavy (non-hydrogen) atoms. The molecular weight excluding hydrogens is 324 g/mol. The van der Waals surface area contributed by atoms with Gasteiger partial charge in [-0.25, -0.2) is 4.98 Å². The first-order valence-electron chi connectivity index (χ1n) is 9.26. The molecule has 0 saturated carbocycles. The number of fused-ring (bicyclic) bond motifs is 1. The number of nitrogens with zero attached hydrogens (tertiary/aromatic N) is 3. The van der Waals surface area contributed by atoms with Gasteiger partial charge in [0, 0.05) is 37.4 Å². The molecule has 0 bridgehead atoms. The number of benzene rings is 2. The van der Waals surface area contributed by atoms with Crippen molar-refractivity contribution in [1.29, 1.82) is 0 Å². The SMILES string of the molecule is Cc1cc(N2CCCC2)ccc1NC(=O)CCn1cnc2ccccc21. The Bertz CT molecular complexity index is 925. The third-order valence-electron chi connectivity index (χ3n) is 5.06. The number of amides is 1. The summed E-state index contributed by atoms with van der Waals surface area (Å²) >= 11 is 0. The lowest BCUT2D eigenvalue weighted by atomic mass is 10.1. The summed E-state index contributed by atoms with van der Waals surface area (Å²) in [7, 11) is 0. The van der Waals surface area contributed by atoms with Gasteiger partial charge in [-0.05, 0) is 55.7 Å². The first-order valence-corrected chi connectivity index (χ1v) is 9.26. The minimum Gasteiger partial charge on any atom is -0.372 e. The summed E-state index contributed by atoms with van der Waals surface area (Å²) in [6.07, 6.45) is 4.75. The van der Waals surface area contributed by atoms with Gasteiger partial charge in [-0.1, -0.05) is 12.1 Å². The van der Waals surface area contributed by atoms with Crippen molar-refractivity contribution in [1.82, 2.24) is 9.55 Å². The van der Waals surface area contributed by atoms with E-state index in [0.29, 0.717) is 13.0 Å². The minimum atomic E-state index is 0.0276. The first kappa shape index (κ1) is 16.6. The summed E-state index contributed by atoms with van der Waals surface area (Å²) < 4.78 is 2.03. The second-order valence-corrected chi connectivity index (χ2v) is 6.92. The number of para-hydroxylation sites is 2. The fourth-order valence-electron chi connectivity index (χ4n) is 3.58. The smallest absolute Gasteiger partial charge is 0.226 e. The number of carbonyl (C=O) groups excluding carboxylic acids is 1. The van der Waals surface area contributed by atoms with E-state index in [2.05, 4.69) is 34.3 Å². The van der Waals surface area contributed by atoms with Crippen LogP contribution < -0.4 is 10.2 Å². The van der Waals surface area contributed by atoms with Crippen molar-refractivity contribution in [2.45, 2.75) is 32.7 Å². The van der Waals surface area contributed by atoms with E-state index in [1.807, 2.05) is 34.9 Å². The Morgan fingerprint density at radius 1 is 1.15 bits per heavy atom. The summed E-state index contributed by atoms with van der Waals surface area (Å²) in [6, 6.07) is 14.3. The molecule has 2 aromatic carbocycles. The van der Waals surface area contributed by atoms with E-state index in [1.54, 1.807) is 6.33 Å². The van der Waals surface area contributed by atoms with Crippen LogP contribution in [0.1, 0.15) is 24.8 Å². The number of hydrogen-bond donors (Lipinski definition) is 1. The number of rotatable bonds is 5. The highest BCUT2D eigenvalue weighted by Crippen LogP contribution is 2.25. The van der Waals surface area contributed by atoms with Crippen molar-refractivity contribution in [3.8, 4) is 0 Å². The molecule has 1 fully saturated rings. The third-order valence-corrected chi connectivity index (χ3v) is 5.06. The highest BCUT2D eigenvalue weighted by Gasteiger charge is 2.14. The summed E-state index contributed by atoms with van der Waals surface area (Å²) in [6.45, 7) is 4.93. The number of nitrogens with one attached hydrogen (secondary N) is 1. The molecule has 1 aliphatic heterocycles. The van der Waals surface area contributed by atoms with Crippen LogP contribution in [0.25, 0.3) is 11.0 Å². The maximum absolute atomic E-state index is 12.4. The molecule has 134 valence electrons. The second kappa shape index (κ2) is 7.20. The van der Waals surface area contributed by atoms with Gasteiger partial charge in [0.15, 0.2) is 0 Å². The van der Waals surface area contributed by atoms with Crippen LogP contribution in [0.2, 0.25) is 0 Å². The van der Waals surface area contributed by atoms with Crippen molar-refractivity contribution in [3.63, 3.8) is 0 Å². The summed E-state index contributed by atoms with van der Waals surface area (Å²) in [5.41, 5.74) is 5.28. The minimum absolute atomic E-state index is 0.0276. The lowest BCUT2D eigenvalue weighted by molar-refractivity contribution is -0.116. The van der Waals surface area contributed by atoms with Crippen molar-refractivity contribution >= 4 is 28.3 Å². The van der Waals surface area contributed by atoms with Crippen molar-refractivity contribution in [3.05, 3.63) is 54.4 Å². The van der Waals surface area contributed by atoms with E-state index >= 15 is 0 Å². The number of hydrogen-bond acceptors (Lipinski definition) is 3. The fraction of sp³-hybridized carbons (Fsp3) is 0.333. The molecule has 0 aliphatic carbocycles. The van der Waals surface area contributed by atoms with Gasteiger partial charge in [-0.3, -0.25) is 4.79 Å². The number of aryl methyl sites for hydroxylation is 2. The molecule has 1 saturated heterocycles. The Hall–Kier alpha value is -2.82. The Labute approximate surface area is 153 Å². The van der Waals surface area contributed by atoms with E-state index in [4.69, 9.17) is 0 Å². The van der Waals surface area contributed by atoms with E-state index in [9.17, 15) is 4.79 Å². The Kier molecular flexibility index (Phi) is 4.61. The van der Waals surface area contributed by atoms with E-state index in [0.717, 1.165) is 35.4 Å². The van der Waals surface area contributed by atoms with Gasteiger partial charge in [0.05, 0.1) is 17.4 Å². The molecule has 4 rings (SSSR count). The zero-order chi connectivity index (χ0) is 17.9. The van der Waals surface area contributed by atoms with Crippen molar-refractivity contribution < 1.29 is 4.79 Å². The Morgan fingerprint density at radius 3 is 2.77 bits per heavy atom. The molecule has 0 spiro atoms. The summed E-state index contributed by atoms with van der Waals surface area (Å²) in [4.78, 5) is 19.2. The highest BCUT2D eigenvalue weighted by atomic mass is 16.1. The molecule has 0 radical (unpaired) electrons. The fourth-order valence-corrected chi connectivity index (χ4v) is 3.58. The van der Waals surface area contributed by atoms with Gasteiger partial charge < -0.3 is 14.8 Å². The quantitative estimate of drug-likeness (QED) is 0.759. The normalized spacial score (nSPS) is 14.1. The van der Waals surface area contributed by atoms with Crippen LogP contribution >= 0.6 is 0 Å². The molecule has 1 aliphatic rings. The lowest BCUT2D eigenvalue weighted by Gasteiger charge is -2.19. The van der Waals surface area contributed by atoms with Gasteiger partial charge >= 0.3 is 0 Å². The van der Waals surface area contributed by atoms with Gasteiger partial charge in [-0.15, -0.1) is 0 Å². The van der Waals surface area contributed by atoms with Gasteiger partial charge in [0.1, 0.15) is 0 Å².